The molecule has 118 valence electrons. The van der Waals surface area contributed by atoms with Gasteiger partial charge in [0.25, 0.3) is 10.0 Å². The molecule has 5 nitrogen and oxygen atoms in total. The molecule has 22 heavy (non-hydrogen) atoms. The minimum atomic E-state index is -3.76. The quantitative estimate of drug-likeness (QED) is 0.854. The highest BCUT2D eigenvalue weighted by atomic mass is 32.2. The Kier molecular flexibility index (Phi) is 3.47. The summed E-state index contributed by atoms with van der Waals surface area (Å²) in [6, 6.07) is 5.39. The van der Waals surface area contributed by atoms with Crippen LogP contribution >= 0.6 is 0 Å². The van der Waals surface area contributed by atoms with E-state index < -0.39 is 15.8 Å². The predicted molar refractivity (Wildman–Crippen MR) is 81.8 cm³/mol. The Bertz CT molecular complexity index is 816. The van der Waals surface area contributed by atoms with E-state index in [4.69, 9.17) is 0 Å². The van der Waals surface area contributed by atoms with Gasteiger partial charge in [-0.25, -0.2) is 21.8 Å². The van der Waals surface area contributed by atoms with Gasteiger partial charge in [-0.05, 0) is 51.0 Å². The van der Waals surface area contributed by atoms with E-state index in [1.54, 1.807) is 23.9 Å². The number of rotatable bonds is 2. The number of sulfonamides is 1. The highest BCUT2D eigenvalue weighted by Crippen LogP contribution is 2.36. The first-order valence-electron chi connectivity index (χ1n) is 7.16. The summed E-state index contributed by atoms with van der Waals surface area (Å²) in [6.45, 7) is 5.49. The summed E-state index contributed by atoms with van der Waals surface area (Å²) >= 11 is 0. The molecule has 0 fully saturated rings. The SMILES string of the molecule is Cc1cc(F)ccc1S(=O)(=O)N1c2ccnn2C(C)CC1C. The van der Waals surface area contributed by atoms with Gasteiger partial charge in [-0.1, -0.05) is 0 Å². The Hall–Kier alpha value is -1.89. The van der Waals surface area contributed by atoms with Crippen molar-refractivity contribution in [1.29, 1.82) is 0 Å². The van der Waals surface area contributed by atoms with Crippen molar-refractivity contribution in [2.45, 2.75) is 44.2 Å². The number of benzene rings is 1. The normalized spacial score (nSPS) is 21.7. The predicted octanol–water partition coefficient (Wildman–Crippen LogP) is 2.88. The Morgan fingerprint density at radius 2 is 1.95 bits per heavy atom. The van der Waals surface area contributed by atoms with Crippen molar-refractivity contribution in [3.8, 4) is 0 Å². The lowest BCUT2D eigenvalue weighted by atomic mass is 10.1. The Morgan fingerprint density at radius 3 is 2.64 bits per heavy atom. The second-order valence-electron chi connectivity index (χ2n) is 5.78. The van der Waals surface area contributed by atoms with E-state index in [0.717, 1.165) is 0 Å². The molecule has 2 aromatic rings. The van der Waals surface area contributed by atoms with Gasteiger partial charge in [-0.15, -0.1) is 0 Å². The first-order valence-corrected chi connectivity index (χ1v) is 8.60. The highest BCUT2D eigenvalue weighted by Gasteiger charge is 2.37. The summed E-state index contributed by atoms with van der Waals surface area (Å²) < 4.78 is 42.5. The molecule has 0 saturated carbocycles. The molecular weight excluding hydrogens is 305 g/mol. The summed E-state index contributed by atoms with van der Waals surface area (Å²) in [4.78, 5) is 0.128. The number of halogens is 1. The molecular formula is C15H18FN3O2S. The molecule has 0 bridgehead atoms. The summed E-state index contributed by atoms with van der Waals surface area (Å²) in [5.41, 5.74) is 0.400. The molecule has 1 aromatic heterocycles. The van der Waals surface area contributed by atoms with Gasteiger partial charge >= 0.3 is 0 Å². The van der Waals surface area contributed by atoms with Gasteiger partial charge in [0.1, 0.15) is 11.6 Å². The van der Waals surface area contributed by atoms with Crippen molar-refractivity contribution in [1.82, 2.24) is 9.78 Å². The fraction of sp³-hybridized carbons (Fsp3) is 0.400. The van der Waals surface area contributed by atoms with Crippen molar-refractivity contribution in [2.24, 2.45) is 0 Å². The second-order valence-corrected chi connectivity index (χ2v) is 7.56. The van der Waals surface area contributed by atoms with E-state index in [2.05, 4.69) is 5.10 Å². The largest absolute Gasteiger partial charge is 0.265 e. The Morgan fingerprint density at radius 1 is 1.23 bits per heavy atom. The molecule has 0 saturated heterocycles. The minimum absolute atomic E-state index is 0.128. The molecule has 0 amide bonds. The maximum atomic E-state index is 13.3. The number of nitrogens with zero attached hydrogens (tertiary/aromatic N) is 3. The molecule has 2 heterocycles. The number of aryl methyl sites for hydroxylation is 1. The van der Waals surface area contributed by atoms with Gasteiger partial charge in [0.05, 0.1) is 17.1 Å². The van der Waals surface area contributed by atoms with Crippen LogP contribution in [0.15, 0.2) is 35.4 Å². The van der Waals surface area contributed by atoms with Crippen LogP contribution in [0.2, 0.25) is 0 Å². The Balaban J connectivity index is 2.15. The van der Waals surface area contributed by atoms with Crippen LogP contribution in [0.3, 0.4) is 0 Å². The van der Waals surface area contributed by atoms with Gasteiger partial charge in [0.15, 0.2) is 0 Å². The van der Waals surface area contributed by atoms with E-state index >= 15 is 0 Å². The van der Waals surface area contributed by atoms with Crippen molar-refractivity contribution >= 4 is 15.8 Å². The molecule has 0 spiro atoms. The van der Waals surface area contributed by atoms with E-state index in [9.17, 15) is 12.8 Å². The van der Waals surface area contributed by atoms with Crippen LogP contribution in [0.4, 0.5) is 10.2 Å². The zero-order chi connectivity index (χ0) is 16.1. The standard InChI is InChI=1S/C15H18FN3O2S/c1-10-8-13(16)4-5-14(10)22(20,21)19-12(3)9-11(2)18-15(19)6-7-17-18/h4-8,11-12H,9H2,1-3H3. The van der Waals surface area contributed by atoms with E-state index in [0.29, 0.717) is 17.8 Å². The molecule has 0 aliphatic carbocycles. The van der Waals surface area contributed by atoms with E-state index in [-0.39, 0.29) is 17.0 Å². The van der Waals surface area contributed by atoms with Crippen molar-refractivity contribution in [3.05, 3.63) is 41.8 Å². The van der Waals surface area contributed by atoms with Crippen molar-refractivity contribution < 1.29 is 12.8 Å². The molecule has 7 heteroatoms. The van der Waals surface area contributed by atoms with Gasteiger partial charge in [-0.3, -0.25) is 0 Å². The van der Waals surface area contributed by atoms with Crippen molar-refractivity contribution in [3.63, 3.8) is 0 Å². The van der Waals surface area contributed by atoms with Gasteiger partial charge in [0.2, 0.25) is 0 Å². The fourth-order valence-corrected chi connectivity index (χ4v) is 4.97. The topological polar surface area (TPSA) is 55.2 Å². The monoisotopic (exact) mass is 323 g/mol. The maximum Gasteiger partial charge on any atom is 0.265 e. The number of anilines is 1. The number of hydrogen-bond donors (Lipinski definition) is 0. The van der Waals surface area contributed by atoms with Crippen LogP contribution < -0.4 is 4.31 Å². The molecule has 0 radical (unpaired) electrons. The maximum absolute atomic E-state index is 13.3. The first kappa shape index (κ1) is 15.0. The second kappa shape index (κ2) is 5.08. The van der Waals surface area contributed by atoms with Crippen molar-refractivity contribution in [2.75, 3.05) is 4.31 Å². The van der Waals surface area contributed by atoms with Crippen LogP contribution in [-0.4, -0.2) is 24.2 Å². The lowest BCUT2D eigenvalue weighted by Crippen LogP contribution is -2.45. The van der Waals surface area contributed by atoms with Crippen LogP contribution in [0.1, 0.15) is 31.9 Å². The van der Waals surface area contributed by atoms with E-state index in [1.165, 1.54) is 22.5 Å². The van der Waals surface area contributed by atoms with E-state index in [1.807, 2.05) is 13.8 Å². The van der Waals surface area contributed by atoms with Crippen LogP contribution in [0.5, 0.6) is 0 Å². The molecule has 1 aliphatic rings. The van der Waals surface area contributed by atoms with Gasteiger partial charge < -0.3 is 0 Å². The third-order valence-electron chi connectivity index (χ3n) is 4.05. The first-order chi connectivity index (χ1) is 10.3. The zero-order valence-electron chi connectivity index (χ0n) is 12.7. The lowest BCUT2D eigenvalue weighted by molar-refractivity contribution is 0.393. The molecule has 1 aliphatic heterocycles. The third-order valence-corrected chi connectivity index (χ3v) is 6.13. The average Bonchev–Trinajstić information content (AvgIpc) is 2.87. The molecule has 0 N–H and O–H groups in total. The summed E-state index contributed by atoms with van der Waals surface area (Å²) in [5.74, 6) is 0.108. The molecule has 1 aromatic carbocycles. The summed E-state index contributed by atoms with van der Waals surface area (Å²) in [5, 5.41) is 4.22. The van der Waals surface area contributed by atoms with Crippen LogP contribution in [0.25, 0.3) is 0 Å². The van der Waals surface area contributed by atoms with Crippen LogP contribution in [-0.2, 0) is 10.0 Å². The van der Waals surface area contributed by atoms with Gasteiger partial charge in [-0.2, -0.15) is 5.10 Å². The highest BCUT2D eigenvalue weighted by molar-refractivity contribution is 7.93. The lowest BCUT2D eigenvalue weighted by Gasteiger charge is -2.37. The Labute approximate surface area is 129 Å². The average molecular weight is 323 g/mol. The summed E-state index contributed by atoms with van der Waals surface area (Å²) in [6.07, 6.45) is 2.28. The zero-order valence-corrected chi connectivity index (χ0v) is 13.5. The molecule has 3 rings (SSSR count). The number of hydrogen-bond acceptors (Lipinski definition) is 3. The van der Waals surface area contributed by atoms with Crippen LogP contribution in [0, 0.1) is 12.7 Å². The smallest absolute Gasteiger partial charge is 0.247 e. The molecule has 2 atom stereocenters. The van der Waals surface area contributed by atoms with Gasteiger partial charge in [0, 0.05) is 12.1 Å². The number of fused-ring (bicyclic) bond motifs is 1. The number of aromatic nitrogens is 2. The minimum Gasteiger partial charge on any atom is -0.247 e. The molecule has 2 unspecified atom stereocenters. The summed E-state index contributed by atoms with van der Waals surface area (Å²) in [7, 11) is -3.76. The third kappa shape index (κ3) is 2.20. The fourth-order valence-electron chi connectivity index (χ4n) is 3.10.